The first-order valence-corrected chi connectivity index (χ1v) is 14.1. The molecule has 10 heteroatoms. The van der Waals surface area contributed by atoms with Gasteiger partial charge in [0.1, 0.15) is 5.82 Å². The fraction of sp³-hybridized carbons (Fsp3) is 0.700. The highest BCUT2D eigenvalue weighted by Crippen LogP contribution is 2.57. The zero-order chi connectivity index (χ0) is 22.5. The number of hydrogen-bond donors (Lipinski definition) is 1. The third-order valence-corrected chi connectivity index (χ3v) is 12.5. The lowest BCUT2D eigenvalue weighted by Crippen LogP contribution is -2.53. The molecule has 8 nitrogen and oxygen atoms in total. The number of ether oxygens (including phenoxy) is 1. The number of carbonyl (C=O) groups excluding carboxylic acids is 3. The molecule has 166 valence electrons. The van der Waals surface area contributed by atoms with Gasteiger partial charge in [-0.25, -0.2) is 4.79 Å². The Morgan fingerprint density at radius 1 is 1.23 bits per heavy atom. The number of amides is 2. The molecular weight excluding hydrogens is 424 g/mol. The van der Waals surface area contributed by atoms with E-state index < -0.39 is 25.1 Å². The van der Waals surface area contributed by atoms with Gasteiger partial charge in [-0.1, -0.05) is 32.5 Å². The lowest BCUT2D eigenvalue weighted by atomic mass is 9.83. The number of nitrogens with one attached hydrogen (secondary N) is 1. The van der Waals surface area contributed by atoms with Crippen molar-refractivity contribution in [2.45, 2.75) is 83.2 Å². The Morgan fingerprint density at radius 3 is 2.33 bits per heavy atom. The van der Waals surface area contributed by atoms with Crippen LogP contribution in [-0.4, -0.2) is 46.7 Å². The number of fused-ring (bicyclic) bond motifs is 1. The quantitative estimate of drug-likeness (QED) is 0.388. The second-order valence-electron chi connectivity index (χ2n) is 9.31. The van der Waals surface area contributed by atoms with Crippen LogP contribution in [0.1, 0.15) is 58.2 Å². The van der Waals surface area contributed by atoms with E-state index in [-0.39, 0.29) is 29.9 Å². The molecule has 1 aliphatic heterocycles. The third-order valence-electron chi connectivity index (χ3n) is 7.26. The molecule has 30 heavy (non-hydrogen) atoms. The van der Waals surface area contributed by atoms with Gasteiger partial charge in [0.15, 0.2) is 0 Å². The molecule has 2 aliphatic rings. The Kier molecular flexibility index (Phi) is 5.83. The number of aromatic nitrogens is 2. The van der Waals surface area contributed by atoms with E-state index in [0.717, 1.165) is 30.0 Å². The smallest absolute Gasteiger partial charge is 0.436 e. The van der Waals surface area contributed by atoms with Crippen LogP contribution in [0.5, 0.6) is 0 Å². The molecule has 1 aliphatic carbocycles. The predicted molar refractivity (Wildman–Crippen MR) is 118 cm³/mol. The minimum Gasteiger partial charge on any atom is -0.448 e. The molecule has 0 unspecified atom stereocenters. The standard InChI is InChI=1S/C20H31ClN4O4Si/c1-7-29-18(28)25-15(13-12-24(17(21)27)19(3,4)14(13)23-25)22-16(26)20(10-9-11-20)30(5,6)8-2/h7-12H2,1-6H3,(H,22,26). The van der Waals surface area contributed by atoms with Crippen LogP contribution in [0, 0.1) is 0 Å². The van der Waals surface area contributed by atoms with Gasteiger partial charge in [-0.2, -0.15) is 5.10 Å². The largest absolute Gasteiger partial charge is 0.448 e. The monoisotopic (exact) mass is 454 g/mol. The summed E-state index contributed by atoms with van der Waals surface area (Å²) >= 11 is 5.79. The van der Waals surface area contributed by atoms with Crippen molar-refractivity contribution in [1.82, 2.24) is 14.7 Å². The summed E-state index contributed by atoms with van der Waals surface area (Å²) in [7, 11) is -1.83. The van der Waals surface area contributed by atoms with Gasteiger partial charge in [-0.3, -0.25) is 9.59 Å². The third kappa shape index (κ3) is 3.26. The topological polar surface area (TPSA) is 93.5 Å². The van der Waals surface area contributed by atoms with Crippen LogP contribution in [0.15, 0.2) is 0 Å². The SMILES string of the molecule is CCOC(=O)n1nc2c(c1NC(=O)C1([Si](C)(C)CC)CCC1)CN(C(=O)Cl)C2(C)C. The van der Waals surface area contributed by atoms with Crippen LogP contribution in [0.4, 0.5) is 15.4 Å². The van der Waals surface area contributed by atoms with E-state index in [0.29, 0.717) is 11.3 Å². The van der Waals surface area contributed by atoms with Gasteiger partial charge in [-0.15, -0.1) is 4.68 Å². The highest BCUT2D eigenvalue weighted by atomic mass is 35.5. The van der Waals surface area contributed by atoms with Gasteiger partial charge in [-0.05, 0) is 45.2 Å². The van der Waals surface area contributed by atoms with Gasteiger partial charge in [0.05, 0.1) is 32.5 Å². The maximum Gasteiger partial charge on any atom is 0.436 e. The van der Waals surface area contributed by atoms with Crippen molar-refractivity contribution < 1.29 is 19.1 Å². The summed E-state index contributed by atoms with van der Waals surface area (Å²) in [5.74, 6) is 0.225. The molecule has 0 radical (unpaired) electrons. The molecule has 1 N–H and O–H groups in total. The van der Waals surface area contributed by atoms with Crippen molar-refractivity contribution in [2.24, 2.45) is 0 Å². The van der Waals surface area contributed by atoms with Crippen LogP contribution >= 0.6 is 11.6 Å². The first-order valence-electron chi connectivity index (χ1n) is 10.5. The van der Waals surface area contributed by atoms with Crippen LogP contribution in [-0.2, 0) is 21.6 Å². The average molecular weight is 455 g/mol. The Balaban J connectivity index is 2.05. The Morgan fingerprint density at radius 2 is 1.87 bits per heavy atom. The Bertz CT molecular complexity index is 892. The van der Waals surface area contributed by atoms with E-state index in [4.69, 9.17) is 16.3 Å². The number of anilines is 1. The molecule has 1 aromatic rings. The number of hydrogen-bond acceptors (Lipinski definition) is 5. The predicted octanol–water partition coefficient (Wildman–Crippen LogP) is 4.89. The molecule has 3 rings (SSSR count). The van der Waals surface area contributed by atoms with Gasteiger partial charge < -0.3 is 15.0 Å². The lowest BCUT2D eigenvalue weighted by molar-refractivity contribution is -0.121. The first kappa shape index (κ1) is 22.8. The number of carbonyl (C=O) groups is 3. The fourth-order valence-electron chi connectivity index (χ4n) is 4.61. The number of rotatable bonds is 5. The van der Waals surface area contributed by atoms with Crippen molar-refractivity contribution in [3.63, 3.8) is 0 Å². The van der Waals surface area contributed by atoms with Crippen molar-refractivity contribution in [3.05, 3.63) is 11.3 Å². The summed E-state index contributed by atoms with van der Waals surface area (Å²) in [5.41, 5.74) is 0.354. The first-order chi connectivity index (χ1) is 13.9. The van der Waals surface area contributed by atoms with Gasteiger partial charge in [0.2, 0.25) is 5.91 Å². The molecule has 1 fully saturated rings. The van der Waals surface area contributed by atoms with E-state index in [1.165, 1.54) is 4.90 Å². The average Bonchev–Trinajstić information content (AvgIpc) is 3.09. The molecule has 2 heterocycles. The highest BCUT2D eigenvalue weighted by molar-refractivity contribution is 6.84. The maximum absolute atomic E-state index is 13.6. The molecule has 1 aromatic heterocycles. The maximum atomic E-state index is 13.6. The second kappa shape index (κ2) is 7.67. The molecule has 0 bridgehead atoms. The van der Waals surface area contributed by atoms with E-state index in [9.17, 15) is 14.4 Å². The molecule has 0 atom stereocenters. The van der Waals surface area contributed by atoms with E-state index in [2.05, 4.69) is 30.4 Å². The van der Waals surface area contributed by atoms with Gasteiger partial charge in [0, 0.05) is 10.6 Å². The normalized spacial score (nSPS) is 19.1. The van der Waals surface area contributed by atoms with E-state index in [1.54, 1.807) is 6.92 Å². The minimum absolute atomic E-state index is 0.0611. The summed E-state index contributed by atoms with van der Waals surface area (Å²) in [6.07, 6.45) is 2.09. The molecule has 0 aromatic carbocycles. The molecule has 0 spiro atoms. The van der Waals surface area contributed by atoms with Crippen molar-refractivity contribution in [2.75, 3.05) is 11.9 Å². The lowest BCUT2D eigenvalue weighted by Gasteiger charge is -2.50. The second-order valence-corrected chi connectivity index (χ2v) is 15.1. The van der Waals surface area contributed by atoms with Crippen molar-refractivity contribution >= 4 is 42.9 Å². The zero-order valence-electron chi connectivity index (χ0n) is 18.6. The molecule has 1 saturated carbocycles. The van der Waals surface area contributed by atoms with E-state index >= 15 is 0 Å². The van der Waals surface area contributed by atoms with Crippen LogP contribution in [0.2, 0.25) is 24.2 Å². The molecule has 2 amide bonds. The molecule has 0 saturated heterocycles. The van der Waals surface area contributed by atoms with Crippen LogP contribution in [0.25, 0.3) is 0 Å². The van der Waals surface area contributed by atoms with Gasteiger partial charge in [0.25, 0.3) is 0 Å². The molecular formula is C20H31ClN4O4Si. The van der Waals surface area contributed by atoms with E-state index in [1.807, 2.05) is 13.8 Å². The van der Waals surface area contributed by atoms with Crippen LogP contribution < -0.4 is 5.32 Å². The summed E-state index contributed by atoms with van der Waals surface area (Å²) in [4.78, 5) is 39.6. The fourth-order valence-corrected chi connectivity index (χ4v) is 7.94. The Hall–Kier alpha value is -1.87. The zero-order valence-corrected chi connectivity index (χ0v) is 20.4. The van der Waals surface area contributed by atoms with Gasteiger partial charge >= 0.3 is 11.5 Å². The summed E-state index contributed by atoms with van der Waals surface area (Å²) in [6.45, 7) is 12.3. The summed E-state index contributed by atoms with van der Waals surface area (Å²) < 4.78 is 6.28. The van der Waals surface area contributed by atoms with Crippen molar-refractivity contribution in [1.29, 1.82) is 0 Å². The number of halogens is 1. The summed E-state index contributed by atoms with van der Waals surface area (Å²) in [5, 5.41) is 6.50. The highest BCUT2D eigenvalue weighted by Gasteiger charge is 2.55. The minimum atomic E-state index is -1.83. The Labute approximate surface area is 183 Å². The summed E-state index contributed by atoms with van der Waals surface area (Å²) in [6, 6.07) is 0.997. The van der Waals surface area contributed by atoms with Crippen molar-refractivity contribution in [3.8, 4) is 0 Å². The number of nitrogens with zero attached hydrogens (tertiary/aromatic N) is 3. The van der Waals surface area contributed by atoms with Crippen LogP contribution in [0.3, 0.4) is 0 Å².